The Balaban J connectivity index is 2.38. The zero-order chi connectivity index (χ0) is 9.90. The van der Waals surface area contributed by atoms with Crippen molar-refractivity contribution in [3.63, 3.8) is 0 Å². The van der Waals surface area contributed by atoms with Crippen molar-refractivity contribution in [2.24, 2.45) is 5.92 Å². The Labute approximate surface area is 79.0 Å². The molecule has 1 atom stereocenters. The second kappa shape index (κ2) is 4.07. The molecule has 0 saturated heterocycles. The Kier molecular flexibility index (Phi) is 3.28. The summed E-state index contributed by atoms with van der Waals surface area (Å²) in [5, 5.41) is 7.49. The fourth-order valence-electron chi connectivity index (χ4n) is 1.13. The maximum Gasteiger partial charge on any atom is 0.227 e. The normalized spacial score (nSPS) is 20.3. The third kappa shape index (κ3) is 2.68. The largest absolute Gasteiger partial charge is 0.227 e. The van der Waals surface area contributed by atoms with Crippen LogP contribution in [0.2, 0.25) is 0 Å². The van der Waals surface area contributed by atoms with E-state index >= 15 is 0 Å². The molecule has 74 valence electrons. The smallest absolute Gasteiger partial charge is 0.214 e. The molecule has 0 amide bonds. The number of nitriles is 1. The highest BCUT2D eigenvalue weighted by Crippen LogP contribution is 2.25. The Morgan fingerprint density at radius 3 is 2.62 bits per heavy atom. The Bertz CT molecular complexity index is 301. The first-order valence-corrected chi connectivity index (χ1v) is 5.99. The van der Waals surface area contributed by atoms with Gasteiger partial charge in [-0.25, -0.2) is 13.1 Å². The van der Waals surface area contributed by atoms with Crippen LogP contribution in [-0.2, 0) is 10.0 Å². The first-order chi connectivity index (χ1) is 6.06. The third-order valence-electron chi connectivity index (χ3n) is 2.45. The quantitative estimate of drug-likeness (QED) is 0.726. The molecule has 1 fully saturated rings. The van der Waals surface area contributed by atoms with E-state index in [0.717, 1.165) is 12.8 Å². The van der Waals surface area contributed by atoms with Crippen LogP contribution in [0.1, 0.15) is 26.2 Å². The molecule has 0 aromatic carbocycles. The van der Waals surface area contributed by atoms with Crippen molar-refractivity contribution in [3.8, 4) is 6.07 Å². The van der Waals surface area contributed by atoms with Crippen molar-refractivity contribution < 1.29 is 8.42 Å². The minimum atomic E-state index is -3.39. The Hall–Kier alpha value is -0.600. The lowest BCUT2D eigenvalue weighted by Gasteiger charge is -2.25. The molecule has 0 aliphatic heterocycles. The van der Waals surface area contributed by atoms with Crippen LogP contribution in [0.4, 0.5) is 0 Å². The van der Waals surface area contributed by atoms with E-state index in [2.05, 4.69) is 4.72 Å². The molecule has 5 heteroatoms. The van der Waals surface area contributed by atoms with Gasteiger partial charge in [0.15, 0.2) is 5.25 Å². The van der Waals surface area contributed by atoms with E-state index in [1.807, 2.05) is 0 Å². The number of hydrogen-bond donors (Lipinski definition) is 1. The summed E-state index contributed by atoms with van der Waals surface area (Å²) in [7, 11) is -3.39. The number of hydrogen-bond acceptors (Lipinski definition) is 3. The number of sulfonamides is 1. The van der Waals surface area contributed by atoms with E-state index in [-0.39, 0.29) is 0 Å². The van der Waals surface area contributed by atoms with E-state index < -0.39 is 15.3 Å². The summed E-state index contributed by atoms with van der Waals surface area (Å²) < 4.78 is 25.0. The molecule has 1 N–H and O–H groups in total. The molecule has 1 aliphatic carbocycles. The van der Waals surface area contributed by atoms with Crippen LogP contribution in [-0.4, -0.2) is 20.2 Å². The predicted octanol–water partition coefficient (Wildman–Crippen LogP) is 0.618. The van der Waals surface area contributed by atoms with E-state index in [1.165, 1.54) is 13.3 Å². The highest BCUT2D eigenvalue weighted by atomic mass is 32.2. The molecule has 1 saturated carbocycles. The summed E-state index contributed by atoms with van der Waals surface area (Å²) in [5.41, 5.74) is 0. The third-order valence-corrected chi connectivity index (χ3v) is 4.05. The van der Waals surface area contributed by atoms with E-state index in [1.54, 1.807) is 6.07 Å². The molecule has 0 radical (unpaired) electrons. The summed E-state index contributed by atoms with van der Waals surface area (Å²) in [6, 6.07) is 1.71. The second-order valence-corrected chi connectivity index (χ2v) is 5.55. The average Bonchev–Trinajstić information content (AvgIpc) is 1.99. The molecule has 1 aliphatic rings. The van der Waals surface area contributed by atoms with Gasteiger partial charge in [0, 0.05) is 6.54 Å². The SMILES string of the molecule is CC(C#N)S(=O)(=O)NCC1CCC1. The number of nitrogens with one attached hydrogen (secondary N) is 1. The van der Waals surface area contributed by atoms with Crippen LogP contribution >= 0.6 is 0 Å². The van der Waals surface area contributed by atoms with Crippen molar-refractivity contribution in [2.75, 3.05) is 6.54 Å². The first kappa shape index (κ1) is 10.5. The van der Waals surface area contributed by atoms with Gasteiger partial charge in [0.25, 0.3) is 0 Å². The lowest BCUT2D eigenvalue weighted by molar-refractivity contribution is 0.316. The molecule has 0 aromatic rings. The molecule has 0 heterocycles. The minimum absolute atomic E-state index is 0.487. The highest BCUT2D eigenvalue weighted by molar-refractivity contribution is 7.90. The van der Waals surface area contributed by atoms with Crippen LogP contribution in [0.15, 0.2) is 0 Å². The second-order valence-electron chi connectivity index (χ2n) is 3.46. The van der Waals surface area contributed by atoms with Crippen molar-refractivity contribution in [1.82, 2.24) is 4.72 Å². The van der Waals surface area contributed by atoms with Gasteiger partial charge in [-0.05, 0) is 25.7 Å². The maximum atomic E-state index is 11.3. The molecule has 1 rings (SSSR count). The van der Waals surface area contributed by atoms with Gasteiger partial charge in [-0.15, -0.1) is 0 Å². The van der Waals surface area contributed by atoms with Gasteiger partial charge in [0.1, 0.15) is 0 Å². The fourth-order valence-corrected chi connectivity index (χ4v) is 1.98. The van der Waals surface area contributed by atoms with E-state index in [9.17, 15) is 8.42 Å². The standard InChI is InChI=1S/C8H14N2O2S/c1-7(5-9)13(11,12)10-6-8-3-2-4-8/h7-8,10H,2-4,6H2,1H3. The monoisotopic (exact) mass is 202 g/mol. The molecular formula is C8H14N2O2S. The van der Waals surface area contributed by atoms with Crippen LogP contribution in [0.25, 0.3) is 0 Å². The predicted molar refractivity (Wildman–Crippen MR) is 49.3 cm³/mol. The minimum Gasteiger partial charge on any atom is -0.214 e. The summed E-state index contributed by atoms with van der Waals surface area (Å²) in [5.74, 6) is 0.487. The highest BCUT2D eigenvalue weighted by Gasteiger charge is 2.23. The van der Waals surface area contributed by atoms with E-state index in [4.69, 9.17) is 5.26 Å². The molecule has 1 unspecified atom stereocenters. The van der Waals surface area contributed by atoms with Gasteiger partial charge in [0.2, 0.25) is 10.0 Å². The first-order valence-electron chi connectivity index (χ1n) is 4.44. The number of nitrogens with zero attached hydrogens (tertiary/aromatic N) is 1. The van der Waals surface area contributed by atoms with Gasteiger partial charge >= 0.3 is 0 Å². The van der Waals surface area contributed by atoms with Gasteiger partial charge < -0.3 is 0 Å². The van der Waals surface area contributed by atoms with Crippen LogP contribution in [0.3, 0.4) is 0 Å². The van der Waals surface area contributed by atoms with Crippen LogP contribution < -0.4 is 4.72 Å². The summed E-state index contributed by atoms with van der Waals surface area (Å²) in [6.45, 7) is 1.89. The van der Waals surface area contributed by atoms with Gasteiger partial charge in [-0.2, -0.15) is 5.26 Å². The Morgan fingerprint density at radius 2 is 2.23 bits per heavy atom. The van der Waals surface area contributed by atoms with Crippen molar-refractivity contribution >= 4 is 10.0 Å². The van der Waals surface area contributed by atoms with Gasteiger partial charge in [0.05, 0.1) is 6.07 Å². The lowest BCUT2D eigenvalue weighted by atomic mass is 9.86. The van der Waals surface area contributed by atoms with Crippen LogP contribution in [0.5, 0.6) is 0 Å². The number of rotatable bonds is 4. The van der Waals surface area contributed by atoms with Crippen LogP contribution in [0, 0.1) is 17.2 Å². The molecule has 13 heavy (non-hydrogen) atoms. The van der Waals surface area contributed by atoms with E-state index in [0.29, 0.717) is 12.5 Å². The maximum absolute atomic E-state index is 11.3. The molecule has 4 nitrogen and oxygen atoms in total. The van der Waals surface area contributed by atoms with Crippen molar-refractivity contribution in [1.29, 1.82) is 5.26 Å². The van der Waals surface area contributed by atoms with Gasteiger partial charge in [-0.3, -0.25) is 0 Å². The molecular weight excluding hydrogens is 188 g/mol. The van der Waals surface area contributed by atoms with Gasteiger partial charge in [-0.1, -0.05) is 6.42 Å². The average molecular weight is 202 g/mol. The summed E-state index contributed by atoms with van der Waals surface area (Å²) in [4.78, 5) is 0. The molecule has 0 spiro atoms. The zero-order valence-corrected chi connectivity index (χ0v) is 8.47. The van der Waals surface area contributed by atoms with Crippen molar-refractivity contribution in [2.45, 2.75) is 31.4 Å². The fraction of sp³-hybridized carbons (Fsp3) is 0.875. The summed E-state index contributed by atoms with van der Waals surface area (Å²) >= 11 is 0. The topological polar surface area (TPSA) is 70.0 Å². The molecule has 0 aromatic heterocycles. The molecule has 0 bridgehead atoms. The Morgan fingerprint density at radius 1 is 1.62 bits per heavy atom. The van der Waals surface area contributed by atoms with Crippen molar-refractivity contribution in [3.05, 3.63) is 0 Å². The summed E-state index contributed by atoms with van der Waals surface area (Å²) in [6.07, 6.45) is 3.40. The zero-order valence-electron chi connectivity index (χ0n) is 7.66. The lowest BCUT2D eigenvalue weighted by Crippen LogP contribution is -2.36.